The quantitative estimate of drug-likeness (QED) is 0.882. The molecule has 1 fully saturated rings. The Kier molecular flexibility index (Phi) is 4.14. The van der Waals surface area contributed by atoms with Crippen LogP contribution in [0.15, 0.2) is 29.3 Å². The smallest absolute Gasteiger partial charge is 0.321 e. The van der Waals surface area contributed by atoms with Gasteiger partial charge >= 0.3 is 5.97 Å². The van der Waals surface area contributed by atoms with E-state index in [0.717, 1.165) is 16.4 Å². The van der Waals surface area contributed by atoms with Crippen molar-refractivity contribution in [3.05, 3.63) is 29.8 Å². The Labute approximate surface area is 131 Å². The van der Waals surface area contributed by atoms with Crippen LogP contribution in [-0.2, 0) is 4.79 Å². The van der Waals surface area contributed by atoms with E-state index in [0.29, 0.717) is 5.75 Å². The normalized spacial score (nSPS) is 29.6. The molecule has 1 aromatic rings. The van der Waals surface area contributed by atoms with Gasteiger partial charge in [-0.15, -0.1) is 23.5 Å². The SMILES string of the molecule is CN1[C@@H]([C@@H]2CSC(c3ccccc3O)=N2)SC[C@H]1C(=O)O. The molecule has 0 bridgehead atoms. The Morgan fingerprint density at radius 3 is 2.81 bits per heavy atom. The Balaban J connectivity index is 1.78. The number of carbonyl (C=O) groups is 1. The summed E-state index contributed by atoms with van der Waals surface area (Å²) in [4.78, 5) is 17.8. The van der Waals surface area contributed by atoms with Crippen LogP contribution in [-0.4, -0.2) is 62.1 Å². The number of likely N-dealkylation sites (N-methyl/N-ethyl adjacent to an activating group) is 1. The number of carboxylic acid groups (broad SMARTS) is 1. The molecule has 0 saturated carbocycles. The lowest BCUT2D eigenvalue weighted by molar-refractivity contribution is -0.141. The van der Waals surface area contributed by atoms with Gasteiger partial charge in [0, 0.05) is 17.1 Å². The fourth-order valence-corrected chi connectivity index (χ4v) is 5.33. The van der Waals surface area contributed by atoms with Crippen LogP contribution in [0.4, 0.5) is 0 Å². The number of carboxylic acids is 1. The number of aliphatic imine (C=N–C) groups is 1. The Hall–Kier alpha value is -1.18. The van der Waals surface area contributed by atoms with Crippen molar-refractivity contribution in [2.75, 3.05) is 18.6 Å². The minimum Gasteiger partial charge on any atom is -0.507 e. The van der Waals surface area contributed by atoms with Gasteiger partial charge in [0.25, 0.3) is 0 Å². The zero-order valence-corrected chi connectivity index (χ0v) is 13.1. The number of benzene rings is 1. The van der Waals surface area contributed by atoms with Gasteiger partial charge in [-0.3, -0.25) is 14.7 Å². The Morgan fingerprint density at radius 2 is 2.14 bits per heavy atom. The molecule has 5 nitrogen and oxygen atoms in total. The van der Waals surface area contributed by atoms with Gasteiger partial charge in [0.15, 0.2) is 0 Å². The summed E-state index contributed by atoms with van der Waals surface area (Å²) in [5, 5.41) is 20.0. The third kappa shape index (κ3) is 2.77. The standard InChI is InChI=1S/C14H16N2O3S2/c1-16-10(14(18)19)7-21-13(16)9-6-20-12(15-9)8-4-2-3-5-11(8)17/h2-5,9-10,13,17H,6-7H2,1H3,(H,18,19)/t9-,10-,13+/m0/s1. The first kappa shape index (κ1) is 14.7. The van der Waals surface area contributed by atoms with E-state index in [9.17, 15) is 15.0 Å². The van der Waals surface area contributed by atoms with Gasteiger partial charge in [-0.05, 0) is 19.2 Å². The van der Waals surface area contributed by atoms with E-state index in [1.54, 1.807) is 35.7 Å². The third-order valence-electron chi connectivity index (χ3n) is 3.74. The summed E-state index contributed by atoms with van der Waals surface area (Å²) in [5.41, 5.74) is 0.755. The fraction of sp³-hybridized carbons (Fsp3) is 0.429. The van der Waals surface area contributed by atoms with Gasteiger partial charge in [-0.2, -0.15) is 0 Å². The van der Waals surface area contributed by atoms with E-state index >= 15 is 0 Å². The minimum absolute atomic E-state index is 0.0592. The average Bonchev–Trinajstić information content (AvgIpc) is 3.05. The van der Waals surface area contributed by atoms with E-state index < -0.39 is 12.0 Å². The van der Waals surface area contributed by atoms with E-state index in [1.165, 1.54) is 0 Å². The van der Waals surface area contributed by atoms with Crippen molar-refractivity contribution >= 4 is 34.5 Å². The second-order valence-corrected chi connectivity index (χ2v) is 7.23. The highest BCUT2D eigenvalue weighted by Crippen LogP contribution is 2.37. The summed E-state index contributed by atoms with van der Waals surface area (Å²) < 4.78 is 0. The summed E-state index contributed by atoms with van der Waals surface area (Å²) in [6.45, 7) is 0. The predicted molar refractivity (Wildman–Crippen MR) is 86.3 cm³/mol. The van der Waals surface area contributed by atoms with Gasteiger partial charge in [0.05, 0.1) is 11.4 Å². The Morgan fingerprint density at radius 1 is 1.38 bits per heavy atom. The monoisotopic (exact) mass is 324 g/mol. The predicted octanol–water partition coefficient (Wildman–Crippen LogP) is 1.71. The molecule has 21 heavy (non-hydrogen) atoms. The summed E-state index contributed by atoms with van der Waals surface area (Å²) in [6.07, 6.45) is 0. The van der Waals surface area contributed by atoms with Crippen LogP contribution in [0.2, 0.25) is 0 Å². The topological polar surface area (TPSA) is 73.1 Å². The number of phenols is 1. The zero-order valence-electron chi connectivity index (χ0n) is 11.5. The summed E-state index contributed by atoms with van der Waals surface area (Å²) in [7, 11) is 1.85. The molecule has 2 aliphatic heterocycles. The van der Waals surface area contributed by atoms with Crippen LogP contribution < -0.4 is 0 Å². The maximum absolute atomic E-state index is 11.2. The summed E-state index contributed by atoms with van der Waals surface area (Å²) in [5.74, 6) is 0.875. The molecule has 3 rings (SSSR count). The van der Waals surface area contributed by atoms with Crippen LogP contribution in [0.1, 0.15) is 5.56 Å². The molecule has 2 aliphatic rings. The number of hydrogen-bond donors (Lipinski definition) is 2. The molecule has 0 aromatic heterocycles. The number of para-hydroxylation sites is 1. The lowest BCUT2D eigenvalue weighted by Gasteiger charge is -2.24. The Bertz CT molecular complexity index is 593. The van der Waals surface area contributed by atoms with Crippen molar-refractivity contribution in [2.24, 2.45) is 4.99 Å². The number of hydrogen-bond acceptors (Lipinski definition) is 6. The lowest BCUT2D eigenvalue weighted by atomic mass is 10.2. The van der Waals surface area contributed by atoms with Crippen molar-refractivity contribution in [3.63, 3.8) is 0 Å². The fourth-order valence-electron chi connectivity index (χ4n) is 2.57. The minimum atomic E-state index is -0.775. The molecular formula is C14H16N2O3S2. The third-order valence-corrected chi connectivity index (χ3v) is 6.34. The van der Waals surface area contributed by atoms with Crippen molar-refractivity contribution in [1.29, 1.82) is 0 Å². The van der Waals surface area contributed by atoms with Crippen molar-refractivity contribution in [1.82, 2.24) is 4.90 Å². The van der Waals surface area contributed by atoms with Crippen LogP contribution in [0.25, 0.3) is 0 Å². The van der Waals surface area contributed by atoms with Gasteiger partial charge in [-0.1, -0.05) is 12.1 Å². The number of aromatic hydroxyl groups is 1. The van der Waals surface area contributed by atoms with Crippen molar-refractivity contribution < 1.29 is 15.0 Å². The van der Waals surface area contributed by atoms with E-state index in [4.69, 9.17) is 4.99 Å². The van der Waals surface area contributed by atoms with E-state index in [2.05, 4.69) is 0 Å². The van der Waals surface area contributed by atoms with Crippen LogP contribution in [0.5, 0.6) is 5.75 Å². The number of rotatable bonds is 3. The maximum Gasteiger partial charge on any atom is 0.321 e. The van der Waals surface area contributed by atoms with Crippen LogP contribution in [0, 0.1) is 0 Å². The average molecular weight is 324 g/mol. The number of aliphatic carboxylic acids is 1. The highest BCUT2D eigenvalue weighted by molar-refractivity contribution is 8.14. The number of thioether (sulfide) groups is 2. The molecular weight excluding hydrogens is 308 g/mol. The van der Waals surface area contributed by atoms with Gasteiger partial charge in [0.1, 0.15) is 16.8 Å². The molecule has 7 heteroatoms. The van der Waals surface area contributed by atoms with Crippen molar-refractivity contribution in [3.8, 4) is 5.75 Å². The molecule has 0 amide bonds. The molecule has 0 spiro atoms. The second kappa shape index (κ2) is 5.90. The second-order valence-electron chi connectivity index (χ2n) is 5.07. The first-order valence-electron chi connectivity index (χ1n) is 6.63. The number of phenolic OH excluding ortho intramolecular Hbond substituents is 1. The first-order chi connectivity index (χ1) is 10.1. The van der Waals surface area contributed by atoms with Gasteiger partial charge in [0.2, 0.25) is 0 Å². The zero-order chi connectivity index (χ0) is 15.0. The molecule has 1 aromatic carbocycles. The van der Waals surface area contributed by atoms with E-state index in [-0.39, 0.29) is 17.2 Å². The largest absolute Gasteiger partial charge is 0.507 e. The summed E-state index contributed by atoms with van der Waals surface area (Å²) >= 11 is 3.27. The molecule has 2 heterocycles. The van der Waals surface area contributed by atoms with Gasteiger partial charge < -0.3 is 10.2 Å². The number of nitrogens with zero attached hydrogens (tertiary/aromatic N) is 2. The highest BCUT2D eigenvalue weighted by atomic mass is 32.2. The van der Waals surface area contributed by atoms with Gasteiger partial charge in [-0.25, -0.2) is 0 Å². The van der Waals surface area contributed by atoms with Crippen LogP contribution in [0.3, 0.4) is 0 Å². The summed E-state index contributed by atoms with van der Waals surface area (Å²) in [6, 6.07) is 6.80. The van der Waals surface area contributed by atoms with Crippen molar-refractivity contribution in [2.45, 2.75) is 17.5 Å². The van der Waals surface area contributed by atoms with Crippen LogP contribution >= 0.6 is 23.5 Å². The molecule has 0 radical (unpaired) electrons. The molecule has 1 saturated heterocycles. The lowest BCUT2D eigenvalue weighted by Crippen LogP contribution is -2.42. The molecule has 112 valence electrons. The first-order valence-corrected chi connectivity index (χ1v) is 8.66. The molecule has 0 unspecified atom stereocenters. The molecule has 0 aliphatic carbocycles. The highest BCUT2D eigenvalue weighted by Gasteiger charge is 2.41. The maximum atomic E-state index is 11.2. The molecule has 2 N–H and O–H groups in total. The molecule has 3 atom stereocenters. The van der Waals surface area contributed by atoms with E-state index in [1.807, 2.05) is 24.1 Å².